The summed E-state index contributed by atoms with van der Waals surface area (Å²) in [5.74, 6) is -0.185. The average Bonchev–Trinajstić information content (AvgIpc) is 0.731. The lowest BCUT2D eigenvalue weighted by Crippen LogP contribution is -2.67. The summed E-state index contributed by atoms with van der Waals surface area (Å²) in [5.41, 5.74) is -2.01. The second kappa shape index (κ2) is 25.8. The minimum atomic E-state index is -2.00. The summed E-state index contributed by atoms with van der Waals surface area (Å²) in [6.45, 7) is 11.7. The molecule has 0 amide bonds. The Kier molecular flexibility index (Phi) is 20.3. The molecule has 88 heavy (non-hydrogen) atoms. The molecule has 10 rings (SSSR count). The molecule has 0 bridgehead atoms. The molecular formula is C60H98O28. The van der Waals surface area contributed by atoms with Crippen LogP contribution in [0.4, 0.5) is 0 Å². The molecule has 0 aromatic heterocycles. The highest BCUT2D eigenvalue weighted by Gasteiger charge is 2.71. The molecule has 5 aliphatic heterocycles. The normalized spacial score (nSPS) is 53.7. The summed E-state index contributed by atoms with van der Waals surface area (Å²) in [6, 6.07) is 0. The van der Waals surface area contributed by atoms with E-state index in [1.807, 2.05) is 0 Å². The maximum absolute atomic E-state index is 15.8. The second-order valence-electron chi connectivity index (χ2n) is 29.2. The van der Waals surface area contributed by atoms with Gasteiger partial charge in [-0.05, 0) is 90.8 Å². The molecule has 0 radical (unpaired) electrons. The maximum Gasteiger partial charge on any atom is 0.187 e. The Hall–Kier alpha value is -1.67. The number of ether oxygens (including phenoxy) is 10. The van der Waals surface area contributed by atoms with Crippen molar-refractivity contribution >= 4 is 5.78 Å². The first-order chi connectivity index (χ1) is 41.2. The van der Waals surface area contributed by atoms with Crippen molar-refractivity contribution in [1.82, 2.24) is 0 Å². The minimum absolute atomic E-state index is 0.0456. The zero-order chi connectivity index (χ0) is 64.3. The van der Waals surface area contributed by atoms with E-state index >= 15 is 4.79 Å². The van der Waals surface area contributed by atoms with Crippen molar-refractivity contribution < 1.29 is 139 Å². The Balaban J connectivity index is 0.894. The smallest absolute Gasteiger partial charge is 0.187 e. The topological polar surface area (TPSA) is 453 Å². The van der Waals surface area contributed by atoms with E-state index in [0.29, 0.717) is 32.1 Å². The second-order valence-corrected chi connectivity index (χ2v) is 29.2. The molecule has 10 aliphatic rings. The van der Waals surface area contributed by atoms with Crippen LogP contribution in [0.25, 0.3) is 0 Å². The highest BCUT2D eigenvalue weighted by Crippen LogP contribution is 2.75. The lowest BCUT2D eigenvalue weighted by molar-refractivity contribution is -0.375. The van der Waals surface area contributed by atoms with Gasteiger partial charge in [-0.15, -0.1) is 0 Å². The number of rotatable bonds is 16. The number of carbonyl (C=O) groups is 1. The number of ketones is 1. The number of hydrogen-bond donors (Lipinski definition) is 17. The zero-order valence-corrected chi connectivity index (χ0v) is 51.0. The minimum Gasteiger partial charge on any atom is -0.394 e. The summed E-state index contributed by atoms with van der Waals surface area (Å²) in [5, 5.41) is 182. The first kappa shape index (κ1) is 69.2. The highest BCUT2D eigenvalue weighted by molar-refractivity contribution is 5.89. The predicted molar refractivity (Wildman–Crippen MR) is 296 cm³/mol. The molecule has 5 saturated heterocycles. The van der Waals surface area contributed by atoms with Crippen LogP contribution >= 0.6 is 0 Å². The van der Waals surface area contributed by atoms with Crippen LogP contribution in [0.2, 0.25) is 0 Å². The van der Waals surface area contributed by atoms with E-state index in [1.54, 1.807) is 0 Å². The molecule has 9 fully saturated rings. The van der Waals surface area contributed by atoms with Crippen molar-refractivity contribution in [3.8, 4) is 0 Å². The van der Waals surface area contributed by atoms with Crippen LogP contribution in [-0.2, 0) is 52.2 Å². The quantitative estimate of drug-likeness (QED) is 0.0511. The zero-order valence-electron chi connectivity index (χ0n) is 51.0. The molecule has 28 nitrogen and oxygen atoms in total. The van der Waals surface area contributed by atoms with Gasteiger partial charge < -0.3 is 134 Å². The summed E-state index contributed by atoms with van der Waals surface area (Å²) < 4.78 is 59.9. The number of aliphatic hydroxyl groups is 17. The molecule has 0 aromatic carbocycles. The number of aliphatic hydroxyl groups excluding tert-OH is 17. The number of carbonyl (C=O) groups excluding carboxylic acids is 1. The molecule has 4 saturated carbocycles. The van der Waals surface area contributed by atoms with Crippen LogP contribution in [0, 0.1) is 50.2 Å². The summed E-state index contributed by atoms with van der Waals surface area (Å²) >= 11 is 0. The van der Waals surface area contributed by atoms with Crippen molar-refractivity contribution in [1.29, 1.82) is 0 Å². The molecule has 5 heterocycles. The summed E-state index contributed by atoms with van der Waals surface area (Å²) in [4.78, 5) is 15.8. The highest BCUT2D eigenvalue weighted by atomic mass is 16.8. The van der Waals surface area contributed by atoms with Gasteiger partial charge in [-0.25, -0.2) is 0 Å². The van der Waals surface area contributed by atoms with Gasteiger partial charge in [-0.3, -0.25) is 4.79 Å². The van der Waals surface area contributed by atoms with E-state index in [0.717, 1.165) is 24.8 Å². The summed E-state index contributed by atoms with van der Waals surface area (Å²) in [6.07, 6.45) is -35.2. The fourth-order valence-electron chi connectivity index (χ4n) is 17.7. The Morgan fingerprint density at radius 2 is 0.932 bits per heavy atom. The van der Waals surface area contributed by atoms with E-state index in [4.69, 9.17) is 47.4 Å². The van der Waals surface area contributed by atoms with Gasteiger partial charge in [-0.2, -0.15) is 0 Å². The lowest BCUT2D eigenvalue weighted by Gasteiger charge is -2.71. The molecule has 33 atom stereocenters. The summed E-state index contributed by atoms with van der Waals surface area (Å²) in [7, 11) is 0. The maximum atomic E-state index is 15.8. The van der Waals surface area contributed by atoms with Gasteiger partial charge in [0.2, 0.25) is 0 Å². The van der Waals surface area contributed by atoms with E-state index in [-0.39, 0.29) is 52.8 Å². The first-order valence-corrected chi connectivity index (χ1v) is 31.3. The number of allylic oxidation sites excluding steroid dienone is 2. The van der Waals surface area contributed by atoms with Crippen molar-refractivity contribution in [2.24, 2.45) is 50.2 Å². The third kappa shape index (κ3) is 11.7. The van der Waals surface area contributed by atoms with Gasteiger partial charge in [0.15, 0.2) is 31.5 Å². The van der Waals surface area contributed by atoms with Gasteiger partial charge in [0.25, 0.3) is 0 Å². The van der Waals surface area contributed by atoms with Crippen LogP contribution in [0.5, 0.6) is 0 Å². The van der Waals surface area contributed by atoms with Gasteiger partial charge >= 0.3 is 0 Å². The fraction of sp³-hybridized carbons (Fsp3) is 0.950. The predicted octanol–water partition coefficient (Wildman–Crippen LogP) is -4.56. The third-order valence-corrected chi connectivity index (χ3v) is 23.4. The average molecular weight is 1270 g/mol. The van der Waals surface area contributed by atoms with Crippen LogP contribution in [0.3, 0.4) is 0 Å². The molecule has 28 heteroatoms. The van der Waals surface area contributed by atoms with Gasteiger partial charge in [0, 0.05) is 11.8 Å². The Morgan fingerprint density at radius 1 is 0.477 bits per heavy atom. The first-order valence-electron chi connectivity index (χ1n) is 31.3. The van der Waals surface area contributed by atoms with Gasteiger partial charge in [0.1, 0.15) is 128 Å². The standard InChI is InChI=1S/C60H98O28/c1-55(2)14-15-60(25(16-55)24-8-9-32-57(5)12-11-34(87-52-47(77)41(71)36(66)27(19-62)83-52)56(3,4)31(57)10-13-58(32,6)59(24,7)17-33(60)64)23-81-54-49(88-53-48(78)42(72)37(67)28(20-63)84-53)44(74)39(69)30(86-54)22-80-51-46(76)43(73)38(68)29(85-51)21-79-50-45(75)40(70)35(65)26(18-61)82-50/h8,25-32,34-54,61-63,65-78H,9-23H2,1-7H3/t25?,26-,27-,28-,29-,30-,31?,32?,34+,35-,36-,37-,38-,39-,40+,41+,42+,43+,44+,45-,46-,47-,48-,49-,50-,51-,52?,53-,54-,57+,58-,59-,60-/m1/s1. The monoisotopic (exact) mass is 1270 g/mol. The molecule has 17 N–H and O–H groups in total. The third-order valence-electron chi connectivity index (χ3n) is 23.4. The van der Waals surface area contributed by atoms with Crippen molar-refractivity contribution in [2.45, 2.75) is 266 Å². The van der Waals surface area contributed by atoms with Crippen molar-refractivity contribution in [3.05, 3.63) is 11.6 Å². The SMILES string of the molecule is CC1(C)CC[C@]2(CO[C@@H]3O[C@H](CO[C@@H]4O[C@H](CO[C@@H]5O[C@H](CO)[C@@H](O)[C@H](O)[C@H]5O)[C@@H](O)[C@H](O)[C@H]4O)[C@@H](O)[C@H](O)[C@H]3O[C@H]3O[C@H](CO)[C@@H](O)[C@H](O)[C@H]3O)C(=O)C[C@]3(C)C(=CCC4[C@@]5(C)CC[C@H](OC6O[C@H](CO)[C@@H](O)[C@H](O)[C@H]6O)C(C)(C)C5CC[C@]43C)C2C1. The van der Waals surface area contributed by atoms with E-state index < -0.39 is 209 Å². The number of Topliss-reactive ketones (excluding diaryl/α,β-unsaturated/α-hetero) is 1. The molecule has 4 unspecified atom stereocenters. The number of fused-ring (bicyclic) bond motifs is 7. The molecule has 0 spiro atoms. The Morgan fingerprint density at radius 3 is 1.45 bits per heavy atom. The lowest BCUT2D eigenvalue weighted by atomic mass is 9.33. The number of hydrogen-bond acceptors (Lipinski definition) is 28. The Bertz CT molecular complexity index is 2430. The van der Waals surface area contributed by atoms with Gasteiger partial charge in [-0.1, -0.05) is 60.1 Å². The van der Waals surface area contributed by atoms with Crippen molar-refractivity contribution in [3.63, 3.8) is 0 Å². The van der Waals surface area contributed by atoms with Crippen LogP contribution in [-0.4, -0.2) is 292 Å². The van der Waals surface area contributed by atoms with Gasteiger partial charge in [0.05, 0.1) is 51.2 Å². The molecule has 506 valence electrons. The molecule has 5 aliphatic carbocycles. The van der Waals surface area contributed by atoms with Crippen LogP contribution < -0.4 is 0 Å². The molecule has 0 aromatic rings. The largest absolute Gasteiger partial charge is 0.394 e. The fourth-order valence-corrected chi connectivity index (χ4v) is 17.7. The van der Waals surface area contributed by atoms with E-state index in [1.165, 1.54) is 0 Å². The van der Waals surface area contributed by atoms with Crippen molar-refractivity contribution in [2.75, 3.05) is 39.6 Å². The van der Waals surface area contributed by atoms with E-state index in [2.05, 4.69) is 54.5 Å². The van der Waals surface area contributed by atoms with Crippen LogP contribution in [0.15, 0.2) is 11.6 Å². The van der Waals surface area contributed by atoms with Crippen LogP contribution in [0.1, 0.15) is 106 Å². The van der Waals surface area contributed by atoms with E-state index in [9.17, 15) is 86.8 Å². The Labute approximate surface area is 510 Å². The molecular weight excluding hydrogens is 1170 g/mol.